The molecule has 1 aromatic heterocycles. The normalized spacial score (nSPS) is 12.5. The number of rotatable bonds is 3. The monoisotopic (exact) mass is 358 g/mol. The van der Waals surface area contributed by atoms with Gasteiger partial charge in [-0.1, -0.05) is 56.6 Å². The molecular formula is C17H18ClF3N2O. The van der Waals surface area contributed by atoms with Gasteiger partial charge in [0.1, 0.15) is 5.15 Å². The molecule has 0 aliphatic rings. The molecule has 24 heavy (non-hydrogen) atoms. The molecule has 130 valence electrons. The fraction of sp³-hybridized carbons (Fsp3) is 0.412. The number of halogens is 4. The van der Waals surface area contributed by atoms with Crippen LogP contribution in [0.15, 0.2) is 24.3 Å². The van der Waals surface area contributed by atoms with Crippen molar-refractivity contribution >= 4 is 17.4 Å². The number of Topliss-reactive ketones (excluding diaryl/α,β-unsaturated/α-hetero) is 1. The highest BCUT2D eigenvalue weighted by Crippen LogP contribution is 2.35. The number of aromatic nitrogens is 2. The summed E-state index contributed by atoms with van der Waals surface area (Å²) < 4.78 is 40.0. The number of nitrogens with zero attached hydrogens (tertiary/aromatic N) is 2. The van der Waals surface area contributed by atoms with Gasteiger partial charge in [0.05, 0.1) is 5.56 Å². The Bertz CT molecular complexity index is 756. The summed E-state index contributed by atoms with van der Waals surface area (Å²) in [4.78, 5) is 12.4. The van der Waals surface area contributed by atoms with Crippen molar-refractivity contribution in [1.29, 1.82) is 0 Å². The van der Waals surface area contributed by atoms with Crippen LogP contribution in [0.4, 0.5) is 13.2 Å². The Balaban J connectivity index is 2.31. The zero-order chi connectivity index (χ0) is 18.3. The van der Waals surface area contributed by atoms with Crippen LogP contribution in [0.1, 0.15) is 48.0 Å². The molecule has 0 aliphatic carbocycles. The van der Waals surface area contributed by atoms with Crippen molar-refractivity contribution in [2.75, 3.05) is 0 Å². The van der Waals surface area contributed by atoms with Gasteiger partial charge in [-0.05, 0) is 16.5 Å². The van der Waals surface area contributed by atoms with Crippen molar-refractivity contribution in [2.24, 2.45) is 7.05 Å². The highest BCUT2D eigenvalue weighted by Gasteiger charge is 2.40. The minimum Gasteiger partial charge on any atom is -0.294 e. The van der Waals surface area contributed by atoms with E-state index in [-0.39, 0.29) is 17.0 Å². The zero-order valence-corrected chi connectivity index (χ0v) is 14.6. The topological polar surface area (TPSA) is 34.9 Å². The minimum atomic E-state index is -4.73. The molecule has 0 atom stereocenters. The third-order valence-corrected chi connectivity index (χ3v) is 4.14. The number of carbonyl (C=O) groups is 1. The van der Waals surface area contributed by atoms with Crippen LogP contribution < -0.4 is 0 Å². The van der Waals surface area contributed by atoms with Crippen LogP contribution in [0.2, 0.25) is 5.15 Å². The summed E-state index contributed by atoms with van der Waals surface area (Å²) >= 11 is 5.85. The number of hydrogen-bond acceptors (Lipinski definition) is 2. The molecule has 0 aliphatic heterocycles. The summed E-state index contributed by atoms with van der Waals surface area (Å²) in [6.45, 7) is 6.16. The molecule has 1 aromatic carbocycles. The van der Waals surface area contributed by atoms with Gasteiger partial charge < -0.3 is 0 Å². The Labute approximate surface area is 143 Å². The smallest absolute Gasteiger partial charge is 0.294 e. The lowest BCUT2D eigenvalue weighted by molar-refractivity contribution is -0.141. The Hall–Kier alpha value is -1.82. The average Bonchev–Trinajstić information content (AvgIpc) is 2.74. The molecule has 0 spiro atoms. The molecule has 0 fully saturated rings. The van der Waals surface area contributed by atoms with E-state index in [1.165, 1.54) is 7.05 Å². The molecule has 1 heterocycles. The number of benzene rings is 1. The molecule has 0 unspecified atom stereocenters. The van der Waals surface area contributed by atoms with Crippen molar-refractivity contribution < 1.29 is 18.0 Å². The van der Waals surface area contributed by atoms with Crippen LogP contribution in [-0.4, -0.2) is 15.6 Å². The average molecular weight is 359 g/mol. The molecule has 2 rings (SSSR count). The Morgan fingerprint density at radius 3 is 2.17 bits per heavy atom. The number of hydrogen-bond donors (Lipinski definition) is 0. The van der Waals surface area contributed by atoms with E-state index in [4.69, 9.17) is 11.6 Å². The first kappa shape index (κ1) is 18.5. The van der Waals surface area contributed by atoms with E-state index < -0.39 is 23.2 Å². The van der Waals surface area contributed by atoms with Gasteiger partial charge in [-0.25, -0.2) is 0 Å². The first-order chi connectivity index (χ1) is 10.9. The lowest BCUT2D eigenvalue weighted by atomic mass is 9.86. The summed E-state index contributed by atoms with van der Waals surface area (Å²) in [6, 6.07) is 7.24. The summed E-state index contributed by atoms with van der Waals surface area (Å²) in [6.07, 6.45) is -4.90. The highest BCUT2D eigenvalue weighted by molar-refractivity contribution is 6.33. The third-order valence-electron chi connectivity index (χ3n) is 3.71. The second-order valence-electron chi connectivity index (χ2n) is 6.68. The number of carbonyl (C=O) groups excluding carboxylic acids is 1. The fourth-order valence-corrected chi connectivity index (χ4v) is 2.58. The predicted molar refractivity (Wildman–Crippen MR) is 86.4 cm³/mol. The standard InChI is InChI=1S/C17H18ClF3N2O/c1-16(2,3)11-7-5-10(6-8-11)9-12(24)13-14(17(19,20)21)22-23(4)15(13)18/h5-8H,9H2,1-4H3. The maximum Gasteiger partial charge on any atom is 0.435 e. The third kappa shape index (κ3) is 3.80. The van der Waals surface area contributed by atoms with Gasteiger partial charge in [0.25, 0.3) is 0 Å². The lowest BCUT2D eigenvalue weighted by Gasteiger charge is -2.19. The van der Waals surface area contributed by atoms with E-state index in [1.807, 2.05) is 12.1 Å². The van der Waals surface area contributed by atoms with Crippen molar-refractivity contribution in [2.45, 2.75) is 38.8 Å². The summed E-state index contributed by atoms with van der Waals surface area (Å²) in [5.74, 6) is -0.705. The molecule has 0 saturated carbocycles. The Kier molecular flexibility index (Phi) is 4.81. The van der Waals surface area contributed by atoms with Crippen molar-refractivity contribution in [1.82, 2.24) is 9.78 Å². The van der Waals surface area contributed by atoms with Gasteiger partial charge in [0.2, 0.25) is 0 Å². The molecule has 0 N–H and O–H groups in total. The fourth-order valence-electron chi connectivity index (χ4n) is 2.35. The van der Waals surface area contributed by atoms with E-state index in [9.17, 15) is 18.0 Å². The second kappa shape index (κ2) is 6.24. The number of alkyl halides is 3. The highest BCUT2D eigenvalue weighted by atomic mass is 35.5. The maximum atomic E-state index is 13.0. The van der Waals surface area contributed by atoms with Crippen molar-refractivity contribution in [3.8, 4) is 0 Å². The van der Waals surface area contributed by atoms with Crippen LogP contribution in [-0.2, 0) is 25.1 Å². The quantitative estimate of drug-likeness (QED) is 0.737. The lowest BCUT2D eigenvalue weighted by Crippen LogP contribution is -2.14. The van der Waals surface area contributed by atoms with Crippen LogP contribution in [0.25, 0.3) is 0 Å². The Morgan fingerprint density at radius 2 is 1.71 bits per heavy atom. The SMILES string of the molecule is Cn1nc(C(F)(F)F)c(C(=O)Cc2ccc(C(C)(C)C)cc2)c1Cl. The molecular weight excluding hydrogens is 341 g/mol. The summed E-state index contributed by atoms with van der Waals surface area (Å²) in [5, 5.41) is 3.02. The molecule has 0 radical (unpaired) electrons. The van der Waals surface area contributed by atoms with Gasteiger partial charge in [-0.15, -0.1) is 0 Å². The molecule has 7 heteroatoms. The van der Waals surface area contributed by atoms with Gasteiger partial charge in [-0.2, -0.15) is 18.3 Å². The van der Waals surface area contributed by atoms with Crippen LogP contribution in [0.5, 0.6) is 0 Å². The molecule has 0 bridgehead atoms. The molecule has 0 saturated heterocycles. The van der Waals surface area contributed by atoms with E-state index in [1.54, 1.807) is 12.1 Å². The maximum absolute atomic E-state index is 13.0. The van der Waals surface area contributed by atoms with Crippen LogP contribution in [0, 0.1) is 0 Å². The molecule has 0 amide bonds. The van der Waals surface area contributed by atoms with Crippen LogP contribution >= 0.6 is 11.6 Å². The van der Waals surface area contributed by atoms with Crippen molar-refractivity contribution in [3.05, 3.63) is 51.8 Å². The largest absolute Gasteiger partial charge is 0.435 e. The molecule has 3 nitrogen and oxygen atoms in total. The van der Waals surface area contributed by atoms with Gasteiger partial charge in [0.15, 0.2) is 11.5 Å². The van der Waals surface area contributed by atoms with Crippen molar-refractivity contribution in [3.63, 3.8) is 0 Å². The second-order valence-corrected chi connectivity index (χ2v) is 7.04. The van der Waals surface area contributed by atoms with E-state index in [2.05, 4.69) is 25.9 Å². The molecule has 2 aromatic rings. The number of ketones is 1. The van der Waals surface area contributed by atoms with Crippen LogP contribution in [0.3, 0.4) is 0 Å². The number of aryl methyl sites for hydroxylation is 1. The Morgan fingerprint density at radius 1 is 1.17 bits per heavy atom. The summed E-state index contributed by atoms with van der Waals surface area (Å²) in [7, 11) is 1.27. The first-order valence-electron chi connectivity index (χ1n) is 7.33. The van der Waals surface area contributed by atoms with Gasteiger partial charge in [-0.3, -0.25) is 9.48 Å². The van der Waals surface area contributed by atoms with Gasteiger partial charge in [0, 0.05) is 13.5 Å². The van der Waals surface area contributed by atoms with Gasteiger partial charge >= 0.3 is 6.18 Å². The minimum absolute atomic E-state index is 0.0430. The first-order valence-corrected chi connectivity index (χ1v) is 7.71. The van der Waals surface area contributed by atoms with E-state index in [0.29, 0.717) is 5.56 Å². The summed E-state index contributed by atoms with van der Waals surface area (Å²) in [5.41, 5.74) is -0.161. The van der Waals surface area contributed by atoms with E-state index in [0.717, 1.165) is 10.2 Å². The zero-order valence-electron chi connectivity index (χ0n) is 13.8. The van der Waals surface area contributed by atoms with E-state index >= 15 is 0 Å². The predicted octanol–water partition coefficient (Wildman–Crippen LogP) is 4.82.